The number of ether oxygens (including phenoxy) is 1. The molecule has 1 unspecified atom stereocenters. The summed E-state index contributed by atoms with van der Waals surface area (Å²) in [6.45, 7) is 2.59. The summed E-state index contributed by atoms with van der Waals surface area (Å²) in [5.41, 5.74) is 1.55. The zero-order valence-corrected chi connectivity index (χ0v) is 13.7. The van der Waals surface area contributed by atoms with Gasteiger partial charge in [0.25, 0.3) is 0 Å². The van der Waals surface area contributed by atoms with Crippen LogP contribution in [0.1, 0.15) is 30.6 Å². The van der Waals surface area contributed by atoms with Crippen molar-refractivity contribution in [1.29, 1.82) is 0 Å². The van der Waals surface area contributed by atoms with Crippen molar-refractivity contribution in [1.82, 2.24) is 5.32 Å². The highest BCUT2D eigenvalue weighted by molar-refractivity contribution is 5.76. The second-order valence-electron chi connectivity index (χ2n) is 5.41. The first-order valence-electron chi connectivity index (χ1n) is 8.01. The summed E-state index contributed by atoms with van der Waals surface area (Å²) in [6, 6.07) is 13.2. The highest BCUT2D eigenvalue weighted by atomic mass is 19.1. The molecule has 24 heavy (non-hydrogen) atoms. The number of hydrogen-bond acceptors (Lipinski definition) is 3. The van der Waals surface area contributed by atoms with Crippen molar-refractivity contribution in [2.45, 2.75) is 25.9 Å². The molecule has 1 atom stereocenters. The lowest BCUT2D eigenvalue weighted by Crippen LogP contribution is -2.28. The number of carbonyl (C=O) groups excluding carboxylic acids is 1. The van der Waals surface area contributed by atoms with Gasteiger partial charge in [-0.2, -0.15) is 0 Å². The van der Waals surface area contributed by atoms with E-state index >= 15 is 0 Å². The number of aryl methyl sites for hydroxylation is 1. The Kier molecular flexibility index (Phi) is 6.75. The molecule has 4 nitrogen and oxygen atoms in total. The van der Waals surface area contributed by atoms with Crippen molar-refractivity contribution in [2.24, 2.45) is 0 Å². The van der Waals surface area contributed by atoms with Crippen LogP contribution in [-0.2, 0) is 11.2 Å². The van der Waals surface area contributed by atoms with E-state index in [0.717, 1.165) is 11.3 Å². The normalized spacial score (nSPS) is 11.8. The van der Waals surface area contributed by atoms with Gasteiger partial charge in [0, 0.05) is 13.0 Å². The molecular formula is C19H22FNO3. The molecule has 2 aromatic carbocycles. The number of carbonyl (C=O) groups is 1. The molecule has 2 aromatic rings. The molecule has 1 amide bonds. The number of hydrogen-bond donors (Lipinski definition) is 2. The van der Waals surface area contributed by atoms with Crippen LogP contribution < -0.4 is 10.1 Å². The number of benzene rings is 2. The predicted molar refractivity (Wildman–Crippen MR) is 90.3 cm³/mol. The molecule has 0 radical (unpaired) electrons. The third-order valence-corrected chi connectivity index (χ3v) is 3.64. The van der Waals surface area contributed by atoms with E-state index in [0.29, 0.717) is 25.0 Å². The first kappa shape index (κ1) is 17.9. The van der Waals surface area contributed by atoms with Crippen molar-refractivity contribution >= 4 is 5.91 Å². The molecule has 0 spiro atoms. The monoisotopic (exact) mass is 331 g/mol. The van der Waals surface area contributed by atoms with Gasteiger partial charge in [-0.3, -0.25) is 4.79 Å². The molecule has 0 saturated heterocycles. The quantitative estimate of drug-likeness (QED) is 0.782. The van der Waals surface area contributed by atoms with Crippen LogP contribution in [0.2, 0.25) is 0 Å². The summed E-state index contributed by atoms with van der Waals surface area (Å²) in [5.74, 6) is 0.282. The molecular weight excluding hydrogens is 309 g/mol. The largest absolute Gasteiger partial charge is 0.494 e. The van der Waals surface area contributed by atoms with Crippen LogP contribution in [0.25, 0.3) is 0 Å². The van der Waals surface area contributed by atoms with E-state index in [-0.39, 0.29) is 18.3 Å². The standard InChI is InChI=1S/C19H22FNO3/c1-2-24-18-6-4-3-5-15(18)9-12-19(23)21-13-17(22)14-7-10-16(20)11-8-14/h3-8,10-11,17,22H,2,9,12-13H2,1H3,(H,21,23). The van der Waals surface area contributed by atoms with E-state index in [1.807, 2.05) is 31.2 Å². The molecule has 0 fully saturated rings. The fraction of sp³-hybridized carbons (Fsp3) is 0.316. The molecule has 0 saturated carbocycles. The Balaban J connectivity index is 1.80. The molecule has 0 aliphatic heterocycles. The Morgan fingerprint density at radius 2 is 1.92 bits per heavy atom. The van der Waals surface area contributed by atoms with Crippen LogP contribution in [0.3, 0.4) is 0 Å². The molecule has 0 aliphatic rings. The Labute approximate surface area is 141 Å². The Morgan fingerprint density at radius 3 is 2.62 bits per heavy atom. The minimum Gasteiger partial charge on any atom is -0.494 e. The van der Waals surface area contributed by atoms with Crippen LogP contribution in [0.5, 0.6) is 5.75 Å². The van der Waals surface area contributed by atoms with E-state index in [9.17, 15) is 14.3 Å². The fourth-order valence-electron chi connectivity index (χ4n) is 2.36. The van der Waals surface area contributed by atoms with E-state index in [2.05, 4.69) is 5.32 Å². The highest BCUT2D eigenvalue weighted by Gasteiger charge is 2.11. The summed E-state index contributed by atoms with van der Waals surface area (Å²) in [5, 5.41) is 12.7. The molecule has 0 bridgehead atoms. The van der Waals surface area contributed by atoms with Crippen molar-refractivity contribution in [3.05, 3.63) is 65.5 Å². The zero-order valence-electron chi connectivity index (χ0n) is 13.7. The van der Waals surface area contributed by atoms with Crippen LogP contribution >= 0.6 is 0 Å². The Hall–Kier alpha value is -2.40. The van der Waals surface area contributed by atoms with Crippen molar-refractivity contribution in [3.63, 3.8) is 0 Å². The summed E-state index contributed by atoms with van der Waals surface area (Å²) >= 11 is 0. The summed E-state index contributed by atoms with van der Waals surface area (Å²) in [7, 11) is 0. The second-order valence-corrected chi connectivity index (χ2v) is 5.41. The fourth-order valence-corrected chi connectivity index (χ4v) is 2.36. The van der Waals surface area contributed by atoms with Gasteiger partial charge < -0.3 is 15.2 Å². The van der Waals surface area contributed by atoms with Gasteiger partial charge in [0.2, 0.25) is 5.91 Å². The molecule has 0 aromatic heterocycles. The maximum atomic E-state index is 12.9. The lowest BCUT2D eigenvalue weighted by Gasteiger charge is -2.13. The molecule has 0 heterocycles. The van der Waals surface area contributed by atoms with Crippen molar-refractivity contribution in [2.75, 3.05) is 13.2 Å². The van der Waals surface area contributed by atoms with Crippen LogP contribution in [0.15, 0.2) is 48.5 Å². The average molecular weight is 331 g/mol. The smallest absolute Gasteiger partial charge is 0.220 e. The third-order valence-electron chi connectivity index (χ3n) is 3.64. The van der Waals surface area contributed by atoms with Gasteiger partial charge in [-0.1, -0.05) is 30.3 Å². The van der Waals surface area contributed by atoms with Crippen LogP contribution in [0, 0.1) is 5.82 Å². The summed E-state index contributed by atoms with van der Waals surface area (Å²) < 4.78 is 18.4. The zero-order chi connectivity index (χ0) is 17.4. The van der Waals surface area contributed by atoms with E-state index in [4.69, 9.17) is 4.74 Å². The predicted octanol–water partition coefficient (Wildman–Crippen LogP) is 3.01. The summed E-state index contributed by atoms with van der Waals surface area (Å²) in [4.78, 5) is 12.0. The number of nitrogens with one attached hydrogen (secondary N) is 1. The highest BCUT2D eigenvalue weighted by Crippen LogP contribution is 2.19. The molecule has 5 heteroatoms. The maximum Gasteiger partial charge on any atom is 0.220 e. The van der Waals surface area contributed by atoms with Gasteiger partial charge in [-0.05, 0) is 42.7 Å². The van der Waals surface area contributed by atoms with Gasteiger partial charge in [-0.25, -0.2) is 4.39 Å². The topological polar surface area (TPSA) is 58.6 Å². The molecule has 2 N–H and O–H groups in total. The number of halogens is 1. The SMILES string of the molecule is CCOc1ccccc1CCC(=O)NCC(O)c1ccc(F)cc1. The Bertz CT molecular complexity index is 658. The molecule has 0 aliphatic carbocycles. The number of aliphatic hydroxyl groups excluding tert-OH is 1. The number of para-hydroxylation sites is 1. The maximum absolute atomic E-state index is 12.9. The van der Waals surface area contributed by atoms with Gasteiger partial charge in [-0.15, -0.1) is 0 Å². The van der Waals surface area contributed by atoms with E-state index < -0.39 is 6.10 Å². The van der Waals surface area contributed by atoms with Crippen LogP contribution in [0.4, 0.5) is 4.39 Å². The number of amides is 1. The van der Waals surface area contributed by atoms with Crippen molar-refractivity contribution < 1.29 is 19.0 Å². The van der Waals surface area contributed by atoms with Gasteiger partial charge in [0.05, 0.1) is 12.7 Å². The lowest BCUT2D eigenvalue weighted by atomic mass is 10.1. The average Bonchev–Trinajstić information content (AvgIpc) is 2.60. The van der Waals surface area contributed by atoms with Gasteiger partial charge in [0.1, 0.15) is 11.6 Å². The molecule has 2 rings (SSSR count). The van der Waals surface area contributed by atoms with E-state index in [1.54, 1.807) is 0 Å². The molecule has 128 valence electrons. The van der Waals surface area contributed by atoms with Gasteiger partial charge >= 0.3 is 0 Å². The number of aliphatic hydroxyl groups is 1. The first-order chi connectivity index (χ1) is 11.6. The van der Waals surface area contributed by atoms with E-state index in [1.165, 1.54) is 24.3 Å². The minimum absolute atomic E-state index is 0.0948. The minimum atomic E-state index is -0.856. The Morgan fingerprint density at radius 1 is 1.21 bits per heavy atom. The second kappa shape index (κ2) is 9.03. The van der Waals surface area contributed by atoms with Crippen LogP contribution in [-0.4, -0.2) is 24.2 Å². The first-order valence-corrected chi connectivity index (χ1v) is 8.01. The van der Waals surface area contributed by atoms with Gasteiger partial charge in [0.15, 0.2) is 0 Å². The number of rotatable bonds is 8. The third kappa shape index (κ3) is 5.35. The lowest BCUT2D eigenvalue weighted by molar-refractivity contribution is -0.121. The van der Waals surface area contributed by atoms with Crippen molar-refractivity contribution in [3.8, 4) is 5.75 Å². The summed E-state index contributed by atoms with van der Waals surface area (Å²) in [6.07, 6.45) is 0.0137.